The third-order valence-electron chi connectivity index (χ3n) is 2.28. The molecule has 0 saturated carbocycles. The summed E-state index contributed by atoms with van der Waals surface area (Å²) in [6.07, 6.45) is 1.82. The number of anilines is 1. The standard InChI is InChI=1S/C12H13BrN2O3/c1-2-3-10(12(17)18)15-7-4-5-8(11(14)16)9(13)6-7/h2,4-6,10,15H,1,3H2,(H2,14,16)(H,17,18). The van der Waals surface area contributed by atoms with E-state index in [0.29, 0.717) is 22.1 Å². The summed E-state index contributed by atoms with van der Waals surface area (Å²) in [6, 6.07) is 3.98. The van der Waals surface area contributed by atoms with Crippen LogP contribution in [0.5, 0.6) is 0 Å². The van der Waals surface area contributed by atoms with Crippen LogP contribution < -0.4 is 11.1 Å². The maximum atomic E-state index is 11.0. The Bertz CT molecular complexity index is 488. The molecule has 0 aliphatic rings. The third-order valence-corrected chi connectivity index (χ3v) is 2.93. The first-order valence-electron chi connectivity index (χ1n) is 5.15. The zero-order valence-corrected chi connectivity index (χ0v) is 11.1. The number of carbonyl (C=O) groups excluding carboxylic acids is 1. The van der Waals surface area contributed by atoms with Gasteiger partial charge in [0, 0.05) is 10.2 Å². The summed E-state index contributed by atoms with van der Waals surface area (Å²) in [5.74, 6) is -1.51. The van der Waals surface area contributed by atoms with Crippen LogP contribution in [0.4, 0.5) is 5.69 Å². The van der Waals surface area contributed by atoms with Crippen LogP contribution in [0.3, 0.4) is 0 Å². The summed E-state index contributed by atoms with van der Waals surface area (Å²) in [7, 11) is 0. The van der Waals surface area contributed by atoms with Gasteiger partial charge in [-0.25, -0.2) is 4.79 Å². The predicted molar refractivity (Wildman–Crippen MR) is 72.5 cm³/mol. The van der Waals surface area contributed by atoms with Crippen molar-refractivity contribution in [2.45, 2.75) is 12.5 Å². The van der Waals surface area contributed by atoms with Crippen molar-refractivity contribution in [3.05, 3.63) is 40.9 Å². The number of rotatable bonds is 6. The molecule has 0 aliphatic carbocycles. The summed E-state index contributed by atoms with van der Waals surface area (Å²) in [4.78, 5) is 22.0. The van der Waals surface area contributed by atoms with Crippen molar-refractivity contribution >= 4 is 33.5 Å². The molecule has 0 spiro atoms. The van der Waals surface area contributed by atoms with Gasteiger partial charge in [-0.1, -0.05) is 6.08 Å². The summed E-state index contributed by atoms with van der Waals surface area (Å²) >= 11 is 3.21. The molecule has 0 radical (unpaired) electrons. The molecule has 0 bridgehead atoms. The monoisotopic (exact) mass is 312 g/mol. The Balaban J connectivity index is 2.91. The van der Waals surface area contributed by atoms with Crippen molar-refractivity contribution in [2.75, 3.05) is 5.32 Å². The molecule has 0 heterocycles. The van der Waals surface area contributed by atoms with Crippen LogP contribution in [-0.4, -0.2) is 23.0 Å². The smallest absolute Gasteiger partial charge is 0.326 e. The number of nitrogens with one attached hydrogen (secondary N) is 1. The van der Waals surface area contributed by atoms with E-state index in [-0.39, 0.29) is 0 Å². The van der Waals surface area contributed by atoms with Gasteiger partial charge in [-0.3, -0.25) is 4.79 Å². The molecule has 96 valence electrons. The average molecular weight is 313 g/mol. The molecule has 6 heteroatoms. The highest BCUT2D eigenvalue weighted by atomic mass is 79.9. The Labute approximate surface area is 113 Å². The zero-order chi connectivity index (χ0) is 13.7. The molecule has 0 aliphatic heterocycles. The normalized spacial score (nSPS) is 11.6. The lowest BCUT2D eigenvalue weighted by atomic mass is 10.1. The highest BCUT2D eigenvalue weighted by molar-refractivity contribution is 9.10. The highest BCUT2D eigenvalue weighted by Gasteiger charge is 2.16. The number of carboxylic acids is 1. The first-order chi connectivity index (χ1) is 8.45. The molecular weight excluding hydrogens is 300 g/mol. The van der Waals surface area contributed by atoms with Crippen LogP contribution in [0.25, 0.3) is 0 Å². The molecule has 5 nitrogen and oxygen atoms in total. The summed E-state index contributed by atoms with van der Waals surface area (Å²) < 4.78 is 0.516. The van der Waals surface area contributed by atoms with Gasteiger partial charge in [-0.15, -0.1) is 6.58 Å². The molecular formula is C12H13BrN2O3. The van der Waals surface area contributed by atoms with Crippen LogP contribution in [0, 0.1) is 0 Å². The Hall–Kier alpha value is -1.82. The van der Waals surface area contributed by atoms with Gasteiger partial charge in [0.15, 0.2) is 0 Å². The zero-order valence-electron chi connectivity index (χ0n) is 9.52. The van der Waals surface area contributed by atoms with Crippen LogP contribution in [-0.2, 0) is 4.79 Å². The maximum absolute atomic E-state index is 11.0. The Morgan fingerprint density at radius 3 is 2.67 bits per heavy atom. The van der Waals surface area contributed by atoms with Crippen LogP contribution in [0.15, 0.2) is 35.3 Å². The van der Waals surface area contributed by atoms with Crippen molar-refractivity contribution in [2.24, 2.45) is 5.73 Å². The first kappa shape index (κ1) is 14.2. The second-order valence-electron chi connectivity index (χ2n) is 3.62. The van der Waals surface area contributed by atoms with Gasteiger partial charge in [-0.2, -0.15) is 0 Å². The van der Waals surface area contributed by atoms with Gasteiger partial charge in [-0.05, 0) is 40.5 Å². The van der Waals surface area contributed by atoms with Crippen LogP contribution >= 0.6 is 15.9 Å². The molecule has 0 saturated heterocycles. The number of benzene rings is 1. The number of hydrogen-bond acceptors (Lipinski definition) is 3. The lowest BCUT2D eigenvalue weighted by Gasteiger charge is -2.14. The van der Waals surface area contributed by atoms with Crippen molar-refractivity contribution < 1.29 is 14.7 Å². The molecule has 1 aromatic carbocycles. The molecule has 4 N–H and O–H groups in total. The van der Waals surface area contributed by atoms with Crippen molar-refractivity contribution in [1.82, 2.24) is 0 Å². The van der Waals surface area contributed by atoms with Gasteiger partial charge in [0.25, 0.3) is 0 Å². The van der Waals surface area contributed by atoms with Crippen LogP contribution in [0.1, 0.15) is 16.8 Å². The number of halogens is 1. The van der Waals surface area contributed by atoms with E-state index in [1.807, 2.05) is 0 Å². The molecule has 1 rings (SSSR count). The number of primary amides is 1. The number of amides is 1. The number of nitrogens with two attached hydrogens (primary N) is 1. The largest absolute Gasteiger partial charge is 0.480 e. The second-order valence-corrected chi connectivity index (χ2v) is 4.47. The molecule has 0 aromatic heterocycles. The number of carbonyl (C=O) groups is 2. The summed E-state index contributed by atoms with van der Waals surface area (Å²) in [6.45, 7) is 3.51. The van der Waals surface area contributed by atoms with Crippen LogP contribution in [0.2, 0.25) is 0 Å². The van der Waals surface area contributed by atoms with Crippen molar-refractivity contribution in [1.29, 1.82) is 0 Å². The number of carboxylic acid groups (broad SMARTS) is 1. The molecule has 1 atom stereocenters. The van der Waals surface area contributed by atoms with E-state index in [1.54, 1.807) is 12.1 Å². The fraction of sp³-hybridized carbons (Fsp3) is 0.167. The topological polar surface area (TPSA) is 92.4 Å². The fourth-order valence-electron chi connectivity index (χ4n) is 1.39. The number of hydrogen-bond donors (Lipinski definition) is 3. The molecule has 1 aromatic rings. The SMILES string of the molecule is C=CCC(Nc1ccc(C(N)=O)c(Br)c1)C(=O)O. The quantitative estimate of drug-likeness (QED) is 0.700. The lowest BCUT2D eigenvalue weighted by molar-refractivity contribution is -0.137. The highest BCUT2D eigenvalue weighted by Crippen LogP contribution is 2.22. The average Bonchev–Trinajstić information content (AvgIpc) is 2.27. The van der Waals surface area contributed by atoms with Gasteiger partial charge in [0.05, 0.1) is 5.56 Å². The van der Waals surface area contributed by atoms with E-state index in [0.717, 1.165) is 0 Å². The maximum Gasteiger partial charge on any atom is 0.326 e. The summed E-state index contributed by atoms with van der Waals surface area (Å²) in [5, 5.41) is 11.8. The number of aliphatic carboxylic acids is 1. The first-order valence-corrected chi connectivity index (χ1v) is 5.94. The predicted octanol–water partition coefficient (Wildman–Crippen LogP) is 1.99. The minimum Gasteiger partial charge on any atom is -0.480 e. The van der Waals surface area contributed by atoms with Gasteiger partial charge in [0.1, 0.15) is 6.04 Å². The molecule has 1 unspecified atom stereocenters. The third kappa shape index (κ3) is 3.59. The van der Waals surface area contributed by atoms with E-state index in [9.17, 15) is 9.59 Å². The minimum atomic E-state index is -0.968. The summed E-state index contributed by atoms with van der Waals surface area (Å²) in [5.41, 5.74) is 6.09. The minimum absolute atomic E-state index is 0.296. The Morgan fingerprint density at radius 2 is 2.22 bits per heavy atom. The van der Waals surface area contributed by atoms with Crippen molar-refractivity contribution in [3.8, 4) is 0 Å². The van der Waals surface area contributed by atoms with Gasteiger partial charge < -0.3 is 16.2 Å². The second kappa shape index (κ2) is 6.20. The fourth-order valence-corrected chi connectivity index (χ4v) is 1.97. The molecule has 18 heavy (non-hydrogen) atoms. The van der Waals surface area contributed by atoms with E-state index in [1.165, 1.54) is 12.1 Å². The lowest BCUT2D eigenvalue weighted by Crippen LogP contribution is -2.28. The Morgan fingerprint density at radius 1 is 1.56 bits per heavy atom. The van der Waals surface area contributed by atoms with E-state index < -0.39 is 17.9 Å². The molecule has 1 amide bonds. The Kier molecular flexibility index (Phi) is 4.91. The molecule has 0 fully saturated rings. The van der Waals surface area contributed by atoms with E-state index in [2.05, 4.69) is 27.8 Å². The van der Waals surface area contributed by atoms with E-state index in [4.69, 9.17) is 10.8 Å². The van der Waals surface area contributed by atoms with Crippen molar-refractivity contribution in [3.63, 3.8) is 0 Å². The van der Waals surface area contributed by atoms with Gasteiger partial charge >= 0.3 is 5.97 Å². The van der Waals surface area contributed by atoms with Gasteiger partial charge in [0.2, 0.25) is 5.91 Å². The van der Waals surface area contributed by atoms with E-state index >= 15 is 0 Å².